The molecule has 1 spiro atoms. The highest BCUT2D eigenvalue weighted by atomic mass is 79.9. The molecule has 10 nitrogen and oxygen atoms in total. The number of aliphatic hydroxyl groups excluding tert-OH is 1. The molecule has 3 aliphatic rings. The monoisotopic (exact) mass is 615 g/mol. The maximum absolute atomic E-state index is 14.0. The summed E-state index contributed by atoms with van der Waals surface area (Å²) < 4.78 is 17.2. The quantitative estimate of drug-likeness (QED) is 0.262. The molecule has 0 saturated carbocycles. The van der Waals surface area contributed by atoms with Crippen LogP contribution in [0, 0.1) is 11.8 Å². The maximum Gasteiger partial charge on any atom is 0.250 e. The van der Waals surface area contributed by atoms with E-state index in [1.54, 1.807) is 55.6 Å². The first-order chi connectivity index (χ1) is 19.3. The Balaban J connectivity index is 1.42. The summed E-state index contributed by atoms with van der Waals surface area (Å²) in [6, 6.07) is 13.0. The number of unbranched alkanes of at least 4 members (excludes halogenated alkanes) is 1. The number of rotatable bonds is 11. The third-order valence-electron chi connectivity index (χ3n) is 7.94. The number of hydrogen-bond acceptors (Lipinski definition) is 7. The van der Waals surface area contributed by atoms with Crippen LogP contribution in [0.25, 0.3) is 0 Å². The number of aliphatic hydroxyl groups is 1. The van der Waals surface area contributed by atoms with Crippen molar-refractivity contribution in [1.29, 1.82) is 0 Å². The maximum atomic E-state index is 14.0. The number of amides is 3. The van der Waals surface area contributed by atoms with Gasteiger partial charge in [0.1, 0.15) is 23.1 Å². The van der Waals surface area contributed by atoms with Crippen LogP contribution in [0.5, 0.6) is 11.5 Å². The minimum atomic E-state index is -1.16. The third-order valence-corrected chi connectivity index (χ3v) is 8.78. The Labute approximate surface area is 241 Å². The topological polar surface area (TPSA) is 126 Å². The van der Waals surface area contributed by atoms with E-state index in [2.05, 4.69) is 26.6 Å². The van der Waals surface area contributed by atoms with Gasteiger partial charge in [-0.3, -0.25) is 14.4 Å². The first-order valence-electron chi connectivity index (χ1n) is 13.5. The van der Waals surface area contributed by atoms with Crippen molar-refractivity contribution in [3.8, 4) is 11.5 Å². The molecule has 2 bridgehead atoms. The fourth-order valence-corrected chi connectivity index (χ4v) is 7.22. The Morgan fingerprint density at radius 2 is 1.68 bits per heavy atom. The standard InChI is InChI=1S/C29H34BrN3O7/c1-3-39-20-12-8-17(9-13-20)31-26(35)22-23-28(37)33(14-4-5-15-34)25(29(23)16-21(30)24(22)40-29)27(36)32-18-6-10-19(38-2)11-7-18/h6-13,21-25,34H,3-5,14-16H2,1-2H3,(H,31,35)(H,32,36)/t21?,22-,23-,24-,25?,29?/m0/s1. The lowest BCUT2D eigenvalue weighted by Crippen LogP contribution is -2.54. The molecule has 2 aromatic rings. The van der Waals surface area contributed by atoms with Gasteiger partial charge in [-0.15, -0.1) is 0 Å². The highest BCUT2D eigenvalue weighted by Gasteiger charge is 2.76. The van der Waals surface area contributed by atoms with Gasteiger partial charge in [-0.1, -0.05) is 15.9 Å². The Kier molecular flexibility index (Phi) is 8.34. The number of carbonyl (C=O) groups excluding carboxylic acids is 3. The van der Waals surface area contributed by atoms with Crippen LogP contribution in [0.4, 0.5) is 11.4 Å². The molecule has 2 aromatic carbocycles. The molecule has 3 fully saturated rings. The number of methoxy groups -OCH3 is 1. The summed E-state index contributed by atoms with van der Waals surface area (Å²) in [5, 5.41) is 15.2. The number of ether oxygens (including phenoxy) is 3. The normalized spacial score (nSPS) is 28.4. The van der Waals surface area contributed by atoms with Crippen molar-refractivity contribution in [1.82, 2.24) is 4.90 Å². The minimum Gasteiger partial charge on any atom is -0.497 e. The largest absolute Gasteiger partial charge is 0.497 e. The zero-order valence-electron chi connectivity index (χ0n) is 22.5. The van der Waals surface area contributed by atoms with Crippen molar-refractivity contribution in [2.45, 2.75) is 48.8 Å². The number of benzene rings is 2. The third kappa shape index (κ3) is 5.06. The van der Waals surface area contributed by atoms with Crippen molar-refractivity contribution in [2.75, 3.05) is 37.5 Å². The smallest absolute Gasteiger partial charge is 0.250 e. The van der Waals surface area contributed by atoms with Gasteiger partial charge in [0.2, 0.25) is 17.7 Å². The van der Waals surface area contributed by atoms with Gasteiger partial charge in [0, 0.05) is 29.4 Å². The van der Waals surface area contributed by atoms with Crippen LogP contribution in [0.3, 0.4) is 0 Å². The molecule has 5 rings (SSSR count). The fraction of sp³-hybridized carbons (Fsp3) is 0.483. The molecule has 0 radical (unpaired) electrons. The van der Waals surface area contributed by atoms with Crippen LogP contribution in [0.15, 0.2) is 48.5 Å². The first-order valence-corrected chi connectivity index (χ1v) is 14.5. The minimum absolute atomic E-state index is 0.0194. The summed E-state index contributed by atoms with van der Waals surface area (Å²) in [4.78, 5) is 42.8. The lowest BCUT2D eigenvalue weighted by molar-refractivity contribution is -0.139. The second-order valence-electron chi connectivity index (χ2n) is 10.3. The van der Waals surface area contributed by atoms with Gasteiger partial charge in [0.25, 0.3) is 0 Å². The summed E-state index contributed by atoms with van der Waals surface area (Å²) in [5.41, 5.74) is -0.0245. The molecule has 3 heterocycles. The van der Waals surface area contributed by atoms with Gasteiger partial charge in [-0.25, -0.2) is 0 Å². The number of anilines is 2. The zero-order valence-corrected chi connectivity index (χ0v) is 24.1. The van der Waals surface area contributed by atoms with Crippen LogP contribution in [0.2, 0.25) is 0 Å². The highest BCUT2D eigenvalue weighted by Crippen LogP contribution is 2.60. The average Bonchev–Trinajstić information content (AvgIpc) is 3.54. The summed E-state index contributed by atoms with van der Waals surface area (Å²) in [6.07, 6.45) is 0.854. The van der Waals surface area contributed by atoms with E-state index in [4.69, 9.17) is 14.2 Å². The second-order valence-corrected chi connectivity index (χ2v) is 11.5. The lowest BCUT2D eigenvalue weighted by atomic mass is 9.70. The van der Waals surface area contributed by atoms with E-state index in [0.717, 1.165) is 0 Å². The molecule has 3 aliphatic heterocycles. The van der Waals surface area contributed by atoms with Crippen LogP contribution in [0.1, 0.15) is 26.2 Å². The van der Waals surface area contributed by atoms with E-state index in [1.165, 1.54) is 4.90 Å². The molecule has 3 saturated heterocycles. The Morgan fingerprint density at radius 3 is 2.27 bits per heavy atom. The van der Waals surface area contributed by atoms with Gasteiger partial charge < -0.3 is 34.9 Å². The molecule has 214 valence electrons. The van der Waals surface area contributed by atoms with Crippen molar-refractivity contribution < 1.29 is 33.7 Å². The van der Waals surface area contributed by atoms with E-state index in [1.807, 2.05) is 6.92 Å². The van der Waals surface area contributed by atoms with Crippen LogP contribution < -0.4 is 20.1 Å². The van der Waals surface area contributed by atoms with Gasteiger partial charge in [0.15, 0.2) is 0 Å². The zero-order chi connectivity index (χ0) is 28.4. The fourth-order valence-electron chi connectivity index (χ4n) is 6.28. The van der Waals surface area contributed by atoms with Crippen molar-refractivity contribution in [2.24, 2.45) is 11.8 Å². The van der Waals surface area contributed by atoms with Crippen molar-refractivity contribution >= 4 is 45.0 Å². The van der Waals surface area contributed by atoms with E-state index >= 15 is 0 Å². The Morgan fingerprint density at radius 1 is 1.05 bits per heavy atom. The van der Waals surface area contributed by atoms with Crippen molar-refractivity contribution in [3.05, 3.63) is 48.5 Å². The number of alkyl halides is 1. The summed E-state index contributed by atoms with van der Waals surface area (Å²) in [5.74, 6) is -1.23. The summed E-state index contributed by atoms with van der Waals surface area (Å²) in [6.45, 7) is 2.68. The van der Waals surface area contributed by atoms with Gasteiger partial charge in [-0.2, -0.15) is 0 Å². The molecule has 11 heteroatoms. The van der Waals surface area contributed by atoms with E-state index in [9.17, 15) is 19.5 Å². The molecule has 6 atom stereocenters. The van der Waals surface area contributed by atoms with Crippen LogP contribution in [-0.2, 0) is 19.1 Å². The number of nitrogens with one attached hydrogen (secondary N) is 2. The molecule has 3 amide bonds. The second kappa shape index (κ2) is 11.8. The number of hydrogen-bond donors (Lipinski definition) is 3. The van der Waals surface area contributed by atoms with Gasteiger partial charge in [0.05, 0.1) is 31.7 Å². The molecule has 3 N–H and O–H groups in total. The molecular weight excluding hydrogens is 582 g/mol. The molecule has 0 aliphatic carbocycles. The number of carbonyl (C=O) groups is 3. The van der Waals surface area contributed by atoms with Crippen LogP contribution >= 0.6 is 15.9 Å². The number of fused-ring (bicyclic) bond motifs is 1. The van der Waals surface area contributed by atoms with Gasteiger partial charge in [-0.05, 0) is 74.7 Å². The first kappa shape index (κ1) is 28.4. The van der Waals surface area contributed by atoms with Crippen molar-refractivity contribution in [3.63, 3.8) is 0 Å². The SMILES string of the molecule is CCOc1ccc(NC(=O)[C@H]2[C@H]3C(=O)N(CCCCO)C(C(=O)Nc4ccc(OC)cc4)C34CC(Br)[C@@H]2O4)cc1. The van der Waals surface area contributed by atoms with E-state index in [-0.39, 0.29) is 35.7 Å². The predicted molar refractivity (Wildman–Crippen MR) is 152 cm³/mol. The average molecular weight is 617 g/mol. The van der Waals surface area contributed by atoms with Crippen LogP contribution in [-0.4, -0.2) is 77.2 Å². The lowest BCUT2D eigenvalue weighted by Gasteiger charge is -2.34. The summed E-state index contributed by atoms with van der Waals surface area (Å²) in [7, 11) is 1.56. The summed E-state index contributed by atoms with van der Waals surface area (Å²) >= 11 is 3.68. The van der Waals surface area contributed by atoms with E-state index in [0.29, 0.717) is 48.7 Å². The predicted octanol–water partition coefficient (Wildman–Crippen LogP) is 3.19. The van der Waals surface area contributed by atoms with E-state index < -0.39 is 29.6 Å². The Bertz CT molecular complexity index is 1240. The number of likely N-dealkylation sites (tertiary alicyclic amines) is 1. The molecule has 0 aromatic heterocycles. The van der Waals surface area contributed by atoms with Gasteiger partial charge >= 0.3 is 0 Å². The Hall–Kier alpha value is -3.15. The molecule has 40 heavy (non-hydrogen) atoms. The molecule has 3 unspecified atom stereocenters. The number of halogens is 1. The highest BCUT2D eigenvalue weighted by molar-refractivity contribution is 9.09. The molecular formula is C29H34BrN3O7. The number of nitrogens with zero attached hydrogens (tertiary/aromatic N) is 1.